The number of piperidine rings is 1. The number of anilines is 1. The number of ether oxygens (including phenoxy) is 2. The normalized spacial score (nSPS) is 29.7. The van der Waals surface area contributed by atoms with Gasteiger partial charge in [0, 0.05) is 25.7 Å². The lowest BCUT2D eigenvalue weighted by Crippen LogP contribution is -2.44. The van der Waals surface area contributed by atoms with Gasteiger partial charge in [0.05, 0.1) is 24.2 Å². The zero-order valence-corrected chi connectivity index (χ0v) is 19.2. The summed E-state index contributed by atoms with van der Waals surface area (Å²) in [5, 5.41) is 23.1. The van der Waals surface area contributed by atoms with Crippen LogP contribution in [0.25, 0.3) is 0 Å². The summed E-state index contributed by atoms with van der Waals surface area (Å²) in [4.78, 5) is 8.60. The van der Waals surface area contributed by atoms with E-state index in [1.807, 2.05) is 6.07 Å². The molecule has 0 radical (unpaired) electrons. The van der Waals surface area contributed by atoms with E-state index in [9.17, 15) is 18.8 Å². The average Bonchev–Trinajstić information content (AvgIpc) is 3.37. The molecule has 11 heteroatoms. The first kappa shape index (κ1) is 23.2. The molecule has 32 heavy (non-hydrogen) atoms. The molecule has 3 aliphatic rings. The summed E-state index contributed by atoms with van der Waals surface area (Å²) in [6, 6.07) is 2.06. The minimum atomic E-state index is -3.29. The summed E-state index contributed by atoms with van der Waals surface area (Å²) in [7, 11) is -3.29. The minimum absolute atomic E-state index is 0.0200. The van der Waals surface area contributed by atoms with Gasteiger partial charge in [-0.2, -0.15) is 10.2 Å². The van der Waals surface area contributed by atoms with Crippen molar-refractivity contribution < 1.29 is 23.0 Å². The van der Waals surface area contributed by atoms with Gasteiger partial charge in [-0.05, 0) is 51.4 Å². The molecule has 176 valence electrons. The monoisotopic (exact) mass is 465 g/mol. The number of sulfonamides is 1. The van der Waals surface area contributed by atoms with Crippen molar-refractivity contribution in [2.45, 2.75) is 63.2 Å². The Morgan fingerprint density at radius 2 is 2.16 bits per heavy atom. The van der Waals surface area contributed by atoms with Crippen LogP contribution in [0.4, 0.5) is 5.95 Å². The van der Waals surface area contributed by atoms with E-state index < -0.39 is 21.7 Å². The number of hydrogen-bond donors (Lipinski definition) is 2. The lowest BCUT2D eigenvalue weighted by atomic mass is 10.0. The van der Waals surface area contributed by atoms with Gasteiger partial charge in [-0.25, -0.2) is 17.7 Å². The second kappa shape index (κ2) is 9.47. The third-order valence-electron chi connectivity index (χ3n) is 6.62. The summed E-state index contributed by atoms with van der Waals surface area (Å²) < 4.78 is 38.2. The highest BCUT2D eigenvalue weighted by atomic mass is 32.2. The number of nitrogens with one attached hydrogen (secondary N) is 1. The second-order valence-corrected chi connectivity index (χ2v) is 11.2. The van der Waals surface area contributed by atoms with E-state index in [1.54, 1.807) is 11.2 Å². The molecule has 3 heterocycles. The van der Waals surface area contributed by atoms with Crippen LogP contribution in [0.15, 0.2) is 6.20 Å². The van der Waals surface area contributed by atoms with Crippen molar-refractivity contribution in [2.75, 3.05) is 37.4 Å². The van der Waals surface area contributed by atoms with Crippen LogP contribution in [0.3, 0.4) is 0 Å². The van der Waals surface area contributed by atoms with Crippen LogP contribution in [0.1, 0.15) is 51.0 Å². The summed E-state index contributed by atoms with van der Waals surface area (Å²) in [6.07, 6.45) is 5.26. The van der Waals surface area contributed by atoms with Crippen LogP contribution in [-0.2, 0) is 14.8 Å². The highest BCUT2D eigenvalue weighted by Crippen LogP contribution is 2.33. The number of nitriles is 1. The quantitative estimate of drug-likeness (QED) is 0.610. The van der Waals surface area contributed by atoms with Crippen molar-refractivity contribution in [2.24, 2.45) is 5.92 Å². The van der Waals surface area contributed by atoms with Gasteiger partial charge < -0.3 is 19.9 Å². The van der Waals surface area contributed by atoms with Crippen LogP contribution in [0.5, 0.6) is 5.88 Å². The first-order chi connectivity index (χ1) is 15.3. The fourth-order valence-electron chi connectivity index (χ4n) is 4.62. The Labute approximate surface area is 189 Å². The smallest absolute Gasteiger partial charge is 0.236 e. The number of aliphatic hydroxyl groups is 1. The fraction of sp³-hybridized carbons (Fsp3) is 0.762. The van der Waals surface area contributed by atoms with Gasteiger partial charge in [0.15, 0.2) is 0 Å². The Hall–Kier alpha value is -2.00. The van der Waals surface area contributed by atoms with Crippen LogP contribution >= 0.6 is 0 Å². The van der Waals surface area contributed by atoms with Crippen LogP contribution in [0, 0.1) is 17.2 Å². The van der Waals surface area contributed by atoms with E-state index >= 15 is 0 Å². The van der Waals surface area contributed by atoms with E-state index in [0.717, 1.165) is 12.8 Å². The molecule has 2 aliphatic heterocycles. The summed E-state index contributed by atoms with van der Waals surface area (Å²) in [6.45, 7) is 3.78. The molecule has 10 nitrogen and oxygen atoms in total. The Kier molecular flexibility index (Phi) is 6.86. The second-order valence-electron chi connectivity index (χ2n) is 9.21. The van der Waals surface area contributed by atoms with Crippen LogP contribution in [0.2, 0.25) is 0 Å². The molecule has 0 spiro atoms. The Balaban J connectivity index is 1.35. The number of nitrogens with zero attached hydrogens (tertiary/aromatic N) is 4. The first-order valence-corrected chi connectivity index (χ1v) is 12.9. The van der Waals surface area contributed by atoms with Crippen molar-refractivity contribution in [1.82, 2.24) is 14.3 Å². The van der Waals surface area contributed by atoms with Crippen molar-refractivity contribution >= 4 is 16.0 Å². The van der Waals surface area contributed by atoms with Crippen LogP contribution in [-0.4, -0.2) is 77.6 Å². The maximum atomic E-state index is 12.7. The molecular weight excluding hydrogens is 434 g/mol. The molecule has 2 saturated heterocycles. The molecule has 2 N–H and O–H groups in total. The molecule has 1 aliphatic carbocycles. The molecule has 0 aromatic carbocycles. The third kappa shape index (κ3) is 5.31. The van der Waals surface area contributed by atoms with Gasteiger partial charge in [0.2, 0.25) is 21.9 Å². The van der Waals surface area contributed by atoms with Crippen molar-refractivity contribution in [3.8, 4) is 11.9 Å². The van der Waals surface area contributed by atoms with E-state index in [-0.39, 0.29) is 29.2 Å². The van der Waals surface area contributed by atoms with Gasteiger partial charge in [-0.3, -0.25) is 0 Å². The standard InChI is InChI=1S/C21H31N5O5S/c1-21(27)7-2-3-18(21)31-19-16(11-22)12-23-20(25-19)24-17-4-8-26(9-5-17)32(28,29)14-15-6-10-30-13-15/h12,15,17-18,27H,2-10,13-14H2,1H3,(H,23,24,25)/t15?,18-,21+/m0/s1. The molecule has 1 aromatic heterocycles. The van der Waals surface area contributed by atoms with E-state index in [1.165, 1.54) is 6.20 Å². The summed E-state index contributed by atoms with van der Waals surface area (Å²) in [5.41, 5.74) is -0.733. The highest BCUT2D eigenvalue weighted by Gasteiger charge is 2.39. The maximum absolute atomic E-state index is 12.7. The Morgan fingerprint density at radius 3 is 2.78 bits per heavy atom. The molecule has 0 amide bonds. The fourth-order valence-corrected chi connectivity index (χ4v) is 6.46. The topological polar surface area (TPSA) is 138 Å². The molecule has 4 rings (SSSR count). The van der Waals surface area contributed by atoms with Crippen molar-refractivity contribution in [3.05, 3.63) is 11.8 Å². The molecule has 1 saturated carbocycles. The van der Waals surface area contributed by atoms with Gasteiger partial charge >= 0.3 is 0 Å². The van der Waals surface area contributed by atoms with E-state index in [4.69, 9.17) is 9.47 Å². The molecule has 1 aromatic rings. The van der Waals surface area contributed by atoms with Crippen molar-refractivity contribution in [3.63, 3.8) is 0 Å². The first-order valence-electron chi connectivity index (χ1n) is 11.2. The highest BCUT2D eigenvalue weighted by molar-refractivity contribution is 7.89. The summed E-state index contributed by atoms with van der Waals surface area (Å²) >= 11 is 0. The predicted molar refractivity (Wildman–Crippen MR) is 117 cm³/mol. The number of rotatable bonds is 7. The molecular formula is C21H31N5O5S. The van der Waals surface area contributed by atoms with E-state index in [2.05, 4.69) is 15.3 Å². The number of hydrogen-bond acceptors (Lipinski definition) is 9. The van der Waals surface area contributed by atoms with Gasteiger partial charge in [-0.1, -0.05) is 0 Å². The van der Waals surface area contributed by atoms with Crippen molar-refractivity contribution in [1.29, 1.82) is 5.26 Å². The molecule has 3 atom stereocenters. The molecule has 0 bridgehead atoms. The Morgan fingerprint density at radius 1 is 1.38 bits per heavy atom. The molecule has 3 fully saturated rings. The van der Waals surface area contributed by atoms with Gasteiger partial charge in [0.1, 0.15) is 17.7 Å². The zero-order chi connectivity index (χ0) is 22.8. The van der Waals surface area contributed by atoms with Crippen LogP contribution < -0.4 is 10.1 Å². The predicted octanol–water partition coefficient (Wildman–Crippen LogP) is 1.27. The minimum Gasteiger partial charge on any atom is -0.470 e. The largest absolute Gasteiger partial charge is 0.470 e. The van der Waals surface area contributed by atoms with Gasteiger partial charge in [0.25, 0.3) is 0 Å². The Bertz CT molecular complexity index is 950. The third-order valence-corrected chi connectivity index (χ3v) is 8.67. The van der Waals surface area contributed by atoms with E-state index in [0.29, 0.717) is 57.9 Å². The zero-order valence-electron chi connectivity index (χ0n) is 18.4. The van der Waals surface area contributed by atoms with Gasteiger partial charge in [-0.15, -0.1) is 0 Å². The lowest BCUT2D eigenvalue weighted by Gasteiger charge is -2.32. The molecule has 1 unspecified atom stereocenters. The number of aromatic nitrogens is 2. The summed E-state index contributed by atoms with van der Waals surface area (Å²) in [5.74, 6) is 0.731. The SMILES string of the molecule is C[C@@]1(O)CCC[C@@H]1Oc1nc(NC2CCN(S(=O)(=O)CC3CCOC3)CC2)ncc1C#N. The maximum Gasteiger partial charge on any atom is 0.236 e. The lowest BCUT2D eigenvalue weighted by molar-refractivity contribution is -0.0271. The average molecular weight is 466 g/mol.